The Balaban J connectivity index is 1.94. The second-order valence-electron chi connectivity index (χ2n) is 5.95. The van der Waals surface area contributed by atoms with Gasteiger partial charge in [0, 0.05) is 21.2 Å². The van der Waals surface area contributed by atoms with Crippen molar-refractivity contribution in [1.29, 1.82) is 0 Å². The van der Waals surface area contributed by atoms with Crippen LogP contribution >= 0.6 is 11.6 Å². The van der Waals surface area contributed by atoms with Crippen LogP contribution in [0.1, 0.15) is 0 Å². The summed E-state index contributed by atoms with van der Waals surface area (Å²) in [6.45, 7) is 0. The van der Waals surface area contributed by atoms with Crippen LogP contribution < -0.4 is 0 Å². The van der Waals surface area contributed by atoms with Crippen molar-refractivity contribution in [2.75, 3.05) is 0 Å². The minimum Gasteiger partial charge on any atom is -0.456 e. The number of benzene rings is 4. The van der Waals surface area contributed by atoms with Crippen molar-refractivity contribution in [2.24, 2.45) is 0 Å². The molecular formula is C22H13ClO. The van der Waals surface area contributed by atoms with E-state index in [-0.39, 0.29) is 0 Å². The normalized spacial score (nSPS) is 11.5. The van der Waals surface area contributed by atoms with E-state index in [9.17, 15) is 0 Å². The van der Waals surface area contributed by atoms with Gasteiger partial charge in [0.1, 0.15) is 11.2 Å². The van der Waals surface area contributed by atoms with Crippen molar-refractivity contribution < 1.29 is 4.42 Å². The summed E-state index contributed by atoms with van der Waals surface area (Å²) in [5.74, 6) is 0. The molecule has 5 aromatic rings. The molecule has 0 saturated heterocycles. The Bertz CT molecular complexity index is 1200. The predicted octanol–water partition coefficient (Wildman–Crippen LogP) is 7.06. The van der Waals surface area contributed by atoms with Gasteiger partial charge in [0.05, 0.1) is 0 Å². The van der Waals surface area contributed by atoms with Crippen LogP contribution in [0.4, 0.5) is 0 Å². The Labute approximate surface area is 144 Å². The van der Waals surface area contributed by atoms with E-state index in [4.69, 9.17) is 16.0 Å². The van der Waals surface area contributed by atoms with Gasteiger partial charge in [-0.2, -0.15) is 0 Å². The summed E-state index contributed by atoms with van der Waals surface area (Å²) in [7, 11) is 0. The molecule has 0 fully saturated rings. The van der Waals surface area contributed by atoms with Gasteiger partial charge in [-0.1, -0.05) is 66.2 Å². The van der Waals surface area contributed by atoms with Crippen molar-refractivity contribution in [1.82, 2.24) is 0 Å². The topological polar surface area (TPSA) is 13.1 Å². The van der Waals surface area contributed by atoms with Gasteiger partial charge in [-0.05, 0) is 40.8 Å². The van der Waals surface area contributed by atoms with Crippen LogP contribution in [0.3, 0.4) is 0 Å². The minimum atomic E-state index is 0.761. The lowest BCUT2D eigenvalue weighted by Crippen LogP contribution is -1.82. The van der Waals surface area contributed by atoms with E-state index in [1.54, 1.807) is 0 Å². The van der Waals surface area contributed by atoms with Crippen molar-refractivity contribution >= 4 is 44.3 Å². The Morgan fingerprint density at radius 3 is 2.25 bits per heavy atom. The van der Waals surface area contributed by atoms with E-state index in [0.29, 0.717) is 0 Å². The van der Waals surface area contributed by atoms with E-state index in [2.05, 4.69) is 48.5 Å². The third kappa shape index (κ3) is 1.95. The van der Waals surface area contributed by atoms with Crippen LogP contribution in [0.25, 0.3) is 43.8 Å². The van der Waals surface area contributed by atoms with Crippen LogP contribution in [0.5, 0.6) is 0 Å². The summed E-state index contributed by atoms with van der Waals surface area (Å²) in [4.78, 5) is 0. The largest absolute Gasteiger partial charge is 0.456 e. The van der Waals surface area contributed by atoms with E-state index >= 15 is 0 Å². The summed E-state index contributed by atoms with van der Waals surface area (Å²) < 4.78 is 6.05. The quantitative estimate of drug-likeness (QED) is 0.321. The Kier molecular flexibility index (Phi) is 2.91. The second kappa shape index (κ2) is 5.12. The lowest BCUT2D eigenvalue weighted by Gasteiger charge is -2.09. The molecule has 2 heteroatoms. The Hall–Kier alpha value is -2.77. The van der Waals surface area contributed by atoms with Crippen LogP contribution in [0, 0.1) is 0 Å². The molecule has 0 spiro atoms. The van der Waals surface area contributed by atoms with Crippen molar-refractivity contribution in [3.05, 3.63) is 83.9 Å². The maximum atomic E-state index is 6.50. The number of furan rings is 1. The number of halogens is 1. The molecule has 0 aliphatic rings. The van der Waals surface area contributed by atoms with E-state index in [0.717, 1.165) is 43.3 Å². The molecule has 1 heterocycles. The third-order valence-corrected chi connectivity index (χ3v) is 4.88. The van der Waals surface area contributed by atoms with Gasteiger partial charge in [0.2, 0.25) is 0 Å². The van der Waals surface area contributed by atoms with E-state index in [1.165, 1.54) is 5.56 Å². The summed E-state index contributed by atoms with van der Waals surface area (Å²) in [6.07, 6.45) is 0. The van der Waals surface area contributed by atoms with Gasteiger partial charge in [-0.3, -0.25) is 0 Å². The highest BCUT2D eigenvalue weighted by atomic mass is 35.5. The SMILES string of the molecule is Clc1ccc(-c2ccccc2)c2cc3oc4ccccc4c3cc12. The van der Waals surface area contributed by atoms with Crippen LogP contribution in [-0.2, 0) is 0 Å². The highest BCUT2D eigenvalue weighted by molar-refractivity contribution is 6.36. The lowest BCUT2D eigenvalue weighted by atomic mass is 9.97. The van der Waals surface area contributed by atoms with Crippen molar-refractivity contribution in [3.63, 3.8) is 0 Å². The third-order valence-electron chi connectivity index (χ3n) is 4.55. The standard InChI is InChI=1S/C22H13ClO/c23-20-11-10-15(14-6-2-1-3-7-14)17-13-22-19(12-18(17)20)16-8-4-5-9-21(16)24-22/h1-13H. The van der Waals surface area contributed by atoms with Gasteiger partial charge in [-0.25, -0.2) is 0 Å². The lowest BCUT2D eigenvalue weighted by molar-refractivity contribution is 0.669. The maximum absolute atomic E-state index is 6.50. The summed E-state index contributed by atoms with van der Waals surface area (Å²) in [5, 5.41) is 5.15. The van der Waals surface area contributed by atoms with Crippen molar-refractivity contribution in [3.8, 4) is 11.1 Å². The molecule has 114 valence electrons. The fourth-order valence-electron chi connectivity index (χ4n) is 3.40. The first-order valence-corrected chi connectivity index (χ1v) is 8.28. The first-order valence-electron chi connectivity index (χ1n) is 7.90. The average Bonchev–Trinajstić information content (AvgIpc) is 2.99. The molecule has 0 saturated carbocycles. The number of hydrogen-bond donors (Lipinski definition) is 0. The summed E-state index contributed by atoms with van der Waals surface area (Å²) in [5.41, 5.74) is 4.13. The average molecular weight is 329 g/mol. The molecule has 0 amide bonds. The number of para-hydroxylation sites is 1. The zero-order chi connectivity index (χ0) is 16.1. The number of fused-ring (bicyclic) bond motifs is 4. The fraction of sp³-hybridized carbons (Fsp3) is 0. The first-order chi connectivity index (χ1) is 11.8. The molecule has 0 aliphatic carbocycles. The van der Waals surface area contributed by atoms with Gasteiger partial charge < -0.3 is 4.42 Å². The van der Waals surface area contributed by atoms with Gasteiger partial charge in [0.25, 0.3) is 0 Å². The number of rotatable bonds is 1. The number of hydrogen-bond acceptors (Lipinski definition) is 1. The molecule has 4 aromatic carbocycles. The fourth-order valence-corrected chi connectivity index (χ4v) is 3.62. The summed E-state index contributed by atoms with van der Waals surface area (Å²) in [6, 6.07) is 26.8. The Morgan fingerprint density at radius 1 is 0.583 bits per heavy atom. The molecule has 0 N–H and O–H groups in total. The molecule has 0 atom stereocenters. The Morgan fingerprint density at radius 2 is 1.38 bits per heavy atom. The zero-order valence-corrected chi connectivity index (χ0v) is 13.5. The maximum Gasteiger partial charge on any atom is 0.136 e. The molecule has 24 heavy (non-hydrogen) atoms. The van der Waals surface area contributed by atoms with Gasteiger partial charge in [0.15, 0.2) is 0 Å². The predicted molar refractivity (Wildman–Crippen MR) is 102 cm³/mol. The summed E-state index contributed by atoms with van der Waals surface area (Å²) >= 11 is 6.50. The first kappa shape index (κ1) is 13.6. The second-order valence-corrected chi connectivity index (χ2v) is 6.36. The van der Waals surface area contributed by atoms with Crippen LogP contribution in [0.15, 0.2) is 83.3 Å². The molecule has 0 bridgehead atoms. The van der Waals surface area contributed by atoms with Gasteiger partial charge in [-0.15, -0.1) is 0 Å². The molecule has 1 aromatic heterocycles. The van der Waals surface area contributed by atoms with Crippen molar-refractivity contribution in [2.45, 2.75) is 0 Å². The smallest absolute Gasteiger partial charge is 0.136 e. The van der Waals surface area contributed by atoms with E-state index in [1.807, 2.05) is 30.3 Å². The molecule has 0 unspecified atom stereocenters. The highest BCUT2D eigenvalue weighted by Crippen LogP contribution is 2.38. The molecular weight excluding hydrogens is 316 g/mol. The monoisotopic (exact) mass is 328 g/mol. The minimum absolute atomic E-state index is 0.761. The molecule has 0 radical (unpaired) electrons. The van der Waals surface area contributed by atoms with Crippen LogP contribution in [0.2, 0.25) is 5.02 Å². The van der Waals surface area contributed by atoms with Gasteiger partial charge >= 0.3 is 0 Å². The zero-order valence-electron chi connectivity index (χ0n) is 12.8. The van der Waals surface area contributed by atoms with E-state index < -0.39 is 0 Å². The van der Waals surface area contributed by atoms with Crippen LogP contribution in [-0.4, -0.2) is 0 Å². The molecule has 5 rings (SSSR count). The highest BCUT2D eigenvalue weighted by Gasteiger charge is 2.12. The molecule has 0 aliphatic heterocycles. The molecule has 1 nitrogen and oxygen atoms in total.